The lowest BCUT2D eigenvalue weighted by Gasteiger charge is -2.27. The fraction of sp³-hybridized carbons (Fsp3) is 0.750. The van der Waals surface area contributed by atoms with Crippen molar-refractivity contribution in [2.75, 3.05) is 13.2 Å². The van der Waals surface area contributed by atoms with Crippen LogP contribution < -0.4 is 33.2 Å². The van der Waals surface area contributed by atoms with Gasteiger partial charge in [-0.25, -0.2) is 4.79 Å². The fourth-order valence-electron chi connectivity index (χ4n) is 2.79. The largest absolute Gasteiger partial charge is 0.480 e. The second kappa shape index (κ2) is 15.0. The molecule has 5 atom stereocenters. The molecule has 0 aromatic rings. The van der Waals surface area contributed by atoms with Crippen molar-refractivity contribution in [3.05, 3.63) is 0 Å². The molecule has 0 aliphatic heterocycles. The van der Waals surface area contributed by atoms with Gasteiger partial charge < -0.3 is 43.4 Å². The Morgan fingerprint density at radius 1 is 0.939 bits per heavy atom. The molecule has 0 rings (SSSR count). The fourth-order valence-corrected chi connectivity index (χ4v) is 2.79. The van der Waals surface area contributed by atoms with Crippen LogP contribution in [0.5, 0.6) is 0 Å². The minimum absolute atomic E-state index is 0.0299. The first-order chi connectivity index (χ1) is 15.3. The van der Waals surface area contributed by atoms with Crippen LogP contribution in [0.2, 0.25) is 0 Å². The van der Waals surface area contributed by atoms with Crippen LogP contribution in [0, 0.1) is 11.8 Å². The molecule has 0 aromatic heterocycles. The minimum Gasteiger partial charge on any atom is -0.480 e. The number of hydrogen-bond donors (Lipinski definition) is 8. The van der Waals surface area contributed by atoms with Gasteiger partial charge in [-0.2, -0.15) is 0 Å². The molecule has 0 radical (unpaired) electrons. The standard InChI is InChI=1S/C20H39N7O6/c1-5-11(4)14(21)17(30)27-15(10(2)3)18(31)26-13(9-28)16(29)25-12(19(32)33)7-6-8-24-20(22)23/h10-15,28H,5-9,21H2,1-4H3,(H,25,29)(H,26,31)(H,27,30)(H,32,33)(H4,22,23,24). The van der Waals surface area contributed by atoms with Crippen LogP contribution in [-0.2, 0) is 19.2 Å². The molecule has 0 saturated heterocycles. The number of carboxylic acid groups (broad SMARTS) is 1. The Kier molecular flexibility index (Phi) is 13.7. The molecule has 13 nitrogen and oxygen atoms in total. The molecule has 13 heteroatoms. The van der Waals surface area contributed by atoms with Gasteiger partial charge >= 0.3 is 5.97 Å². The van der Waals surface area contributed by atoms with Gasteiger partial charge in [0.25, 0.3) is 0 Å². The first-order valence-corrected chi connectivity index (χ1v) is 10.9. The Morgan fingerprint density at radius 3 is 1.97 bits per heavy atom. The van der Waals surface area contributed by atoms with E-state index in [9.17, 15) is 29.4 Å². The molecular formula is C20H39N7O6. The number of aliphatic hydroxyl groups is 1. The summed E-state index contributed by atoms with van der Waals surface area (Å²) in [6.07, 6.45) is 0.988. The van der Waals surface area contributed by atoms with Gasteiger partial charge in [-0.15, -0.1) is 0 Å². The number of hydrogen-bond acceptors (Lipinski definition) is 7. The van der Waals surface area contributed by atoms with E-state index in [0.717, 1.165) is 0 Å². The number of carbonyl (C=O) groups excluding carboxylic acids is 3. The smallest absolute Gasteiger partial charge is 0.326 e. The second-order valence-corrected chi connectivity index (χ2v) is 8.23. The lowest BCUT2D eigenvalue weighted by atomic mass is 9.97. The highest BCUT2D eigenvalue weighted by Gasteiger charge is 2.32. The molecule has 0 aromatic carbocycles. The molecule has 0 aliphatic rings. The number of nitrogens with two attached hydrogens (primary N) is 3. The predicted molar refractivity (Wildman–Crippen MR) is 123 cm³/mol. The lowest BCUT2D eigenvalue weighted by Crippen LogP contribution is -2.59. The molecule has 0 spiro atoms. The number of nitrogens with one attached hydrogen (secondary N) is 3. The number of rotatable bonds is 15. The normalized spacial score (nSPS) is 15.5. The van der Waals surface area contributed by atoms with Gasteiger partial charge in [0.05, 0.1) is 12.6 Å². The Morgan fingerprint density at radius 2 is 1.52 bits per heavy atom. The summed E-state index contributed by atoms with van der Waals surface area (Å²) in [5.41, 5.74) is 16.3. The van der Waals surface area contributed by atoms with Crippen molar-refractivity contribution in [1.29, 1.82) is 0 Å². The third-order valence-electron chi connectivity index (χ3n) is 5.18. The number of aliphatic imine (C=N–C) groups is 1. The van der Waals surface area contributed by atoms with E-state index >= 15 is 0 Å². The van der Waals surface area contributed by atoms with Gasteiger partial charge in [-0.3, -0.25) is 19.4 Å². The van der Waals surface area contributed by atoms with Crippen molar-refractivity contribution in [2.24, 2.45) is 34.0 Å². The molecule has 0 heterocycles. The average Bonchev–Trinajstić information content (AvgIpc) is 2.75. The van der Waals surface area contributed by atoms with E-state index in [4.69, 9.17) is 17.2 Å². The van der Waals surface area contributed by atoms with Crippen LogP contribution >= 0.6 is 0 Å². The molecule has 190 valence electrons. The monoisotopic (exact) mass is 473 g/mol. The van der Waals surface area contributed by atoms with E-state index in [-0.39, 0.29) is 37.2 Å². The number of aliphatic carboxylic acids is 1. The van der Waals surface area contributed by atoms with E-state index in [2.05, 4.69) is 20.9 Å². The number of amides is 3. The summed E-state index contributed by atoms with van der Waals surface area (Å²) >= 11 is 0. The van der Waals surface area contributed by atoms with E-state index in [1.54, 1.807) is 13.8 Å². The molecule has 0 fully saturated rings. The SMILES string of the molecule is CCC(C)C(N)C(=O)NC(C(=O)NC(CO)C(=O)NC(CCCN=C(N)N)C(=O)O)C(C)C. The zero-order chi connectivity index (χ0) is 25.7. The topological polar surface area (TPSA) is 235 Å². The minimum atomic E-state index is -1.42. The van der Waals surface area contributed by atoms with Crippen molar-refractivity contribution < 1.29 is 29.4 Å². The highest BCUT2D eigenvalue weighted by atomic mass is 16.4. The van der Waals surface area contributed by atoms with Gasteiger partial charge in [0, 0.05) is 6.54 Å². The Bertz CT molecular complexity index is 696. The highest BCUT2D eigenvalue weighted by Crippen LogP contribution is 2.08. The zero-order valence-corrected chi connectivity index (χ0v) is 19.7. The van der Waals surface area contributed by atoms with Gasteiger partial charge in [0.15, 0.2) is 5.96 Å². The first kappa shape index (κ1) is 30.1. The summed E-state index contributed by atoms with van der Waals surface area (Å²) in [5, 5.41) is 26.1. The molecule has 0 aliphatic carbocycles. The summed E-state index contributed by atoms with van der Waals surface area (Å²) in [6.45, 7) is 6.51. The van der Waals surface area contributed by atoms with Gasteiger partial charge in [-0.1, -0.05) is 34.1 Å². The molecule has 0 saturated carbocycles. The van der Waals surface area contributed by atoms with E-state index in [1.165, 1.54) is 0 Å². The number of carbonyl (C=O) groups is 4. The van der Waals surface area contributed by atoms with Crippen LogP contribution in [-0.4, -0.2) is 77.2 Å². The molecule has 5 unspecified atom stereocenters. The van der Waals surface area contributed by atoms with Crippen molar-refractivity contribution >= 4 is 29.7 Å². The third kappa shape index (κ3) is 11.0. The van der Waals surface area contributed by atoms with Gasteiger partial charge in [-0.05, 0) is 24.7 Å². The van der Waals surface area contributed by atoms with Crippen LogP contribution in [0.4, 0.5) is 0 Å². The number of carboxylic acids is 1. The zero-order valence-electron chi connectivity index (χ0n) is 19.7. The summed E-state index contributed by atoms with van der Waals surface area (Å²) in [6, 6.07) is -4.51. The maximum atomic E-state index is 12.7. The van der Waals surface area contributed by atoms with Crippen molar-refractivity contribution in [1.82, 2.24) is 16.0 Å². The summed E-state index contributed by atoms with van der Waals surface area (Å²) in [4.78, 5) is 52.8. The first-order valence-electron chi connectivity index (χ1n) is 10.9. The van der Waals surface area contributed by atoms with E-state index in [0.29, 0.717) is 6.42 Å². The Hall–Kier alpha value is -2.93. The summed E-state index contributed by atoms with van der Waals surface area (Å²) in [5.74, 6) is -3.96. The molecule has 11 N–H and O–H groups in total. The summed E-state index contributed by atoms with van der Waals surface area (Å²) in [7, 11) is 0. The van der Waals surface area contributed by atoms with Crippen molar-refractivity contribution in [3.8, 4) is 0 Å². The predicted octanol–water partition coefficient (Wildman–Crippen LogP) is -2.40. The van der Waals surface area contributed by atoms with Gasteiger partial charge in [0.2, 0.25) is 17.7 Å². The maximum Gasteiger partial charge on any atom is 0.326 e. The maximum absolute atomic E-state index is 12.7. The Labute approximate surface area is 193 Å². The lowest BCUT2D eigenvalue weighted by molar-refractivity contribution is -0.142. The highest BCUT2D eigenvalue weighted by molar-refractivity contribution is 5.94. The number of guanidine groups is 1. The van der Waals surface area contributed by atoms with E-state index < -0.39 is 54.5 Å². The Balaban J connectivity index is 5.15. The second-order valence-electron chi connectivity index (χ2n) is 8.23. The molecular weight excluding hydrogens is 434 g/mol. The average molecular weight is 474 g/mol. The molecule has 33 heavy (non-hydrogen) atoms. The van der Waals surface area contributed by atoms with Crippen LogP contribution in [0.15, 0.2) is 4.99 Å². The van der Waals surface area contributed by atoms with Crippen LogP contribution in [0.3, 0.4) is 0 Å². The van der Waals surface area contributed by atoms with Gasteiger partial charge in [0.1, 0.15) is 18.1 Å². The molecule has 3 amide bonds. The summed E-state index contributed by atoms with van der Waals surface area (Å²) < 4.78 is 0. The quantitative estimate of drug-likeness (QED) is 0.0717. The van der Waals surface area contributed by atoms with Crippen LogP contribution in [0.1, 0.15) is 47.0 Å². The number of aliphatic hydroxyl groups excluding tert-OH is 1. The molecule has 0 bridgehead atoms. The number of nitrogens with zero attached hydrogens (tertiary/aromatic N) is 1. The van der Waals surface area contributed by atoms with Crippen LogP contribution in [0.25, 0.3) is 0 Å². The third-order valence-corrected chi connectivity index (χ3v) is 5.18. The van der Waals surface area contributed by atoms with Crippen molar-refractivity contribution in [3.63, 3.8) is 0 Å². The van der Waals surface area contributed by atoms with Crippen molar-refractivity contribution in [2.45, 2.75) is 71.1 Å². The van der Waals surface area contributed by atoms with E-state index in [1.807, 2.05) is 13.8 Å².